The van der Waals surface area contributed by atoms with Crippen LogP contribution in [0.3, 0.4) is 0 Å². The van der Waals surface area contributed by atoms with E-state index in [1.54, 1.807) is 0 Å². The fourth-order valence-electron chi connectivity index (χ4n) is 2.12. The lowest BCUT2D eigenvalue weighted by Gasteiger charge is -2.23. The molecule has 1 aliphatic heterocycles. The topological polar surface area (TPSA) is 39.7 Å². The van der Waals surface area contributed by atoms with Gasteiger partial charge in [0, 0.05) is 18.7 Å². The van der Waals surface area contributed by atoms with Crippen molar-refractivity contribution in [3.8, 4) is 0 Å². The van der Waals surface area contributed by atoms with Gasteiger partial charge in [0.25, 0.3) is 0 Å². The van der Waals surface area contributed by atoms with E-state index in [0.29, 0.717) is 31.8 Å². The molecule has 1 fully saturated rings. The lowest BCUT2D eigenvalue weighted by molar-refractivity contribution is -0.0312. The van der Waals surface area contributed by atoms with Gasteiger partial charge < -0.3 is 19.5 Å². The summed E-state index contributed by atoms with van der Waals surface area (Å²) in [6.07, 6.45) is 2.82. The first-order valence-corrected chi connectivity index (χ1v) is 7.93. The maximum Gasteiger partial charge on any atom is 0.0813 e. The lowest BCUT2D eigenvalue weighted by Crippen LogP contribution is -2.41. The van der Waals surface area contributed by atoms with Crippen LogP contribution in [-0.4, -0.2) is 50.7 Å². The highest BCUT2D eigenvalue weighted by atomic mass is 16.6. The summed E-state index contributed by atoms with van der Waals surface area (Å²) in [6.45, 7) is 14.6. The van der Waals surface area contributed by atoms with Gasteiger partial charge in [0.1, 0.15) is 0 Å². The predicted octanol–water partition coefficient (Wildman–Crippen LogP) is 2.61. The second-order valence-electron chi connectivity index (χ2n) is 7.13. The number of hydrogen-bond acceptors (Lipinski definition) is 4. The molecule has 2 atom stereocenters. The Morgan fingerprint density at radius 2 is 1.75 bits per heavy atom. The third-order valence-electron chi connectivity index (χ3n) is 3.18. The summed E-state index contributed by atoms with van der Waals surface area (Å²) in [6, 6.07) is 0. The van der Waals surface area contributed by atoms with Crippen LogP contribution in [0.15, 0.2) is 0 Å². The van der Waals surface area contributed by atoms with Crippen molar-refractivity contribution in [2.24, 2.45) is 5.92 Å². The number of ether oxygens (including phenoxy) is 3. The average molecular weight is 287 g/mol. The summed E-state index contributed by atoms with van der Waals surface area (Å²) in [5.74, 6) is 0.587. The molecule has 0 aromatic carbocycles. The molecule has 2 unspecified atom stereocenters. The monoisotopic (exact) mass is 287 g/mol. The standard InChI is InChI=1S/C16H33NO3/c1-13(2)11-18-8-9-19-12-15-7-6-14(20-15)10-17-16(3,4)5/h13-15,17H,6-12H2,1-5H3. The molecule has 0 radical (unpaired) electrons. The molecule has 4 nitrogen and oxygen atoms in total. The highest BCUT2D eigenvalue weighted by Crippen LogP contribution is 2.20. The van der Waals surface area contributed by atoms with E-state index in [0.717, 1.165) is 26.0 Å². The van der Waals surface area contributed by atoms with Gasteiger partial charge in [0.15, 0.2) is 0 Å². The lowest BCUT2D eigenvalue weighted by atomic mass is 10.1. The van der Waals surface area contributed by atoms with Crippen LogP contribution in [0.2, 0.25) is 0 Å². The third-order valence-corrected chi connectivity index (χ3v) is 3.18. The Morgan fingerprint density at radius 1 is 1.10 bits per heavy atom. The van der Waals surface area contributed by atoms with E-state index in [2.05, 4.69) is 39.9 Å². The average Bonchev–Trinajstić information content (AvgIpc) is 2.78. The van der Waals surface area contributed by atoms with Crippen LogP contribution < -0.4 is 5.32 Å². The minimum absolute atomic E-state index is 0.158. The quantitative estimate of drug-likeness (QED) is 0.662. The Kier molecular flexibility index (Phi) is 8.03. The van der Waals surface area contributed by atoms with E-state index in [9.17, 15) is 0 Å². The van der Waals surface area contributed by atoms with Crippen molar-refractivity contribution < 1.29 is 14.2 Å². The maximum atomic E-state index is 5.97. The highest BCUT2D eigenvalue weighted by molar-refractivity contribution is 4.79. The van der Waals surface area contributed by atoms with Crippen LogP contribution in [0.4, 0.5) is 0 Å². The zero-order valence-electron chi connectivity index (χ0n) is 13.9. The minimum atomic E-state index is 0.158. The van der Waals surface area contributed by atoms with Crippen LogP contribution in [-0.2, 0) is 14.2 Å². The molecule has 0 aromatic rings. The van der Waals surface area contributed by atoms with Crippen LogP contribution in [0.25, 0.3) is 0 Å². The van der Waals surface area contributed by atoms with Crippen molar-refractivity contribution in [1.82, 2.24) is 5.32 Å². The van der Waals surface area contributed by atoms with Gasteiger partial charge in [0.2, 0.25) is 0 Å². The van der Waals surface area contributed by atoms with Crippen LogP contribution >= 0.6 is 0 Å². The largest absolute Gasteiger partial charge is 0.379 e. The van der Waals surface area contributed by atoms with E-state index in [1.165, 1.54) is 0 Å². The second kappa shape index (κ2) is 8.98. The Balaban J connectivity index is 1.98. The molecule has 0 amide bonds. The van der Waals surface area contributed by atoms with E-state index in [4.69, 9.17) is 14.2 Å². The molecular weight excluding hydrogens is 254 g/mol. The van der Waals surface area contributed by atoms with Crippen molar-refractivity contribution in [3.05, 3.63) is 0 Å². The summed E-state index contributed by atoms with van der Waals surface area (Å²) < 4.78 is 17.1. The highest BCUT2D eigenvalue weighted by Gasteiger charge is 2.26. The van der Waals surface area contributed by atoms with Crippen molar-refractivity contribution in [2.45, 2.75) is 65.2 Å². The fourth-order valence-corrected chi connectivity index (χ4v) is 2.12. The SMILES string of the molecule is CC(C)COCCOCC1CCC(CNC(C)(C)C)O1. The van der Waals surface area contributed by atoms with Crippen molar-refractivity contribution >= 4 is 0 Å². The number of hydrogen-bond donors (Lipinski definition) is 1. The molecule has 0 aliphatic carbocycles. The van der Waals surface area contributed by atoms with E-state index < -0.39 is 0 Å². The summed E-state index contributed by atoms with van der Waals surface area (Å²) >= 11 is 0. The zero-order chi connectivity index (χ0) is 15.0. The summed E-state index contributed by atoms with van der Waals surface area (Å²) in [7, 11) is 0. The molecule has 1 heterocycles. The van der Waals surface area contributed by atoms with Crippen molar-refractivity contribution in [3.63, 3.8) is 0 Å². The number of nitrogens with one attached hydrogen (secondary N) is 1. The van der Waals surface area contributed by atoms with Gasteiger partial charge in [-0.25, -0.2) is 0 Å². The molecule has 1 aliphatic rings. The first-order valence-electron chi connectivity index (χ1n) is 7.93. The second-order valence-corrected chi connectivity index (χ2v) is 7.13. The molecular formula is C16H33NO3. The van der Waals surface area contributed by atoms with Gasteiger partial charge >= 0.3 is 0 Å². The van der Waals surface area contributed by atoms with Gasteiger partial charge in [-0.1, -0.05) is 13.8 Å². The summed E-state index contributed by atoms with van der Waals surface area (Å²) in [4.78, 5) is 0. The molecule has 0 saturated carbocycles. The maximum absolute atomic E-state index is 5.97. The Bertz CT molecular complexity index is 251. The molecule has 1 saturated heterocycles. The molecule has 0 bridgehead atoms. The fraction of sp³-hybridized carbons (Fsp3) is 1.00. The van der Waals surface area contributed by atoms with Crippen molar-refractivity contribution in [1.29, 1.82) is 0 Å². The molecule has 1 rings (SSSR count). The van der Waals surface area contributed by atoms with Gasteiger partial charge in [0.05, 0.1) is 32.0 Å². The Hall–Kier alpha value is -0.160. The van der Waals surface area contributed by atoms with Crippen molar-refractivity contribution in [2.75, 3.05) is 33.0 Å². The van der Waals surface area contributed by atoms with Crippen LogP contribution in [0, 0.1) is 5.92 Å². The summed E-state index contributed by atoms with van der Waals surface area (Å²) in [5, 5.41) is 3.49. The molecule has 0 spiro atoms. The van der Waals surface area contributed by atoms with E-state index in [1.807, 2.05) is 0 Å². The first kappa shape index (κ1) is 17.9. The first-order chi connectivity index (χ1) is 9.37. The molecule has 20 heavy (non-hydrogen) atoms. The third kappa shape index (κ3) is 8.90. The zero-order valence-corrected chi connectivity index (χ0v) is 13.9. The van der Waals surface area contributed by atoms with Gasteiger partial charge in [-0.05, 0) is 39.5 Å². The Morgan fingerprint density at radius 3 is 2.40 bits per heavy atom. The Labute approximate surface area is 124 Å². The van der Waals surface area contributed by atoms with Crippen LogP contribution in [0.5, 0.6) is 0 Å². The molecule has 4 heteroatoms. The van der Waals surface area contributed by atoms with Gasteiger partial charge in [-0.2, -0.15) is 0 Å². The molecule has 1 N–H and O–H groups in total. The number of rotatable bonds is 9. The van der Waals surface area contributed by atoms with E-state index in [-0.39, 0.29) is 11.6 Å². The smallest absolute Gasteiger partial charge is 0.0813 e. The molecule has 0 aromatic heterocycles. The predicted molar refractivity (Wildman–Crippen MR) is 82.1 cm³/mol. The minimum Gasteiger partial charge on any atom is -0.379 e. The van der Waals surface area contributed by atoms with Crippen LogP contribution in [0.1, 0.15) is 47.5 Å². The van der Waals surface area contributed by atoms with Gasteiger partial charge in [-0.15, -0.1) is 0 Å². The molecule has 120 valence electrons. The van der Waals surface area contributed by atoms with E-state index >= 15 is 0 Å². The van der Waals surface area contributed by atoms with Gasteiger partial charge in [-0.3, -0.25) is 0 Å². The normalized spacial score (nSPS) is 23.7. The summed E-state index contributed by atoms with van der Waals surface area (Å²) in [5.41, 5.74) is 0.158.